The minimum atomic E-state index is -0.297. The fourth-order valence-corrected chi connectivity index (χ4v) is 3.79. The molecule has 1 aromatic heterocycles. The molecule has 1 N–H and O–H groups in total. The van der Waals surface area contributed by atoms with Gasteiger partial charge in [-0.3, -0.25) is 9.36 Å². The average Bonchev–Trinajstić information content (AvgIpc) is 2.76. The Morgan fingerprint density at radius 3 is 2.57 bits per heavy atom. The Morgan fingerprint density at radius 1 is 1.17 bits per heavy atom. The fraction of sp³-hybridized carbons (Fsp3) is 0.190. The van der Waals surface area contributed by atoms with Crippen molar-refractivity contribution in [3.05, 3.63) is 76.1 Å². The first-order chi connectivity index (χ1) is 14.5. The van der Waals surface area contributed by atoms with Crippen molar-refractivity contribution in [2.45, 2.75) is 17.5 Å². The maximum absolute atomic E-state index is 12.9. The van der Waals surface area contributed by atoms with Crippen LogP contribution in [0.25, 0.3) is 0 Å². The molecule has 9 heteroatoms. The van der Waals surface area contributed by atoms with E-state index in [-0.39, 0.29) is 11.4 Å². The largest absolute Gasteiger partial charge is 0.497 e. The summed E-state index contributed by atoms with van der Waals surface area (Å²) in [4.78, 5) is 12.9. The van der Waals surface area contributed by atoms with Crippen LogP contribution in [0.3, 0.4) is 0 Å². The molecule has 0 radical (unpaired) electrons. The average molecular weight is 445 g/mol. The number of hydrogen-bond acceptors (Lipinski definition) is 7. The van der Waals surface area contributed by atoms with Crippen molar-refractivity contribution in [2.75, 3.05) is 19.5 Å². The van der Waals surface area contributed by atoms with Gasteiger partial charge in [0.25, 0.3) is 5.56 Å². The first kappa shape index (κ1) is 21.7. The van der Waals surface area contributed by atoms with Crippen molar-refractivity contribution in [2.24, 2.45) is 0 Å². The van der Waals surface area contributed by atoms with Crippen molar-refractivity contribution >= 4 is 34.9 Å². The van der Waals surface area contributed by atoms with Crippen molar-refractivity contribution in [3.8, 4) is 11.5 Å². The van der Waals surface area contributed by atoms with Gasteiger partial charge in [-0.25, -0.2) is 0 Å². The van der Waals surface area contributed by atoms with Gasteiger partial charge in [0.15, 0.2) is 5.16 Å². The lowest BCUT2D eigenvalue weighted by Gasteiger charge is -2.12. The van der Waals surface area contributed by atoms with Gasteiger partial charge in [-0.1, -0.05) is 41.6 Å². The smallest absolute Gasteiger partial charge is 0.297 e. The Bertz CT molecular complexity index is 1090. The van der Waals surface area contributed by atoms with E-state index in [9.17, 15) is 4.79 Å². The molecule has 0 bridgehead atoms. The molecule has 0 aliphatic carbocycles. The van der Waals surface area contributed by atoms with Crippen LogP contribution in [-0.4, -0.2) is 29.0 Å². The molecule has 3 rings (SSSR count). The Morgan fingerprint density at radius 2 is 1.93 bits per heavy atom. The van der Waals surface area contributed by atoms with Crippen LogP contribution in [-0.2, 0) is 12.3 Å². The molecule has 0 atom stereocenters. The van der Waals surface area contributed by atoms with Crippen molar-refractivity contribution < 1.29 is 9.47 Å². The quantitative estimate of drug-likeness (QED) is 0.383. The van der Waals surface area contributed by atoms with Gasteiger partial charge in [-0.2, -0.15) is 0 Å². The van der Waals surface area contributed by atoms with E-state index in [0.29, 0.717) is 33.9 Å². The highest BCUT2D eigenvalue weighted by Crippen LogP contribution is 2.28. The number of hydrogen-bond donors (Lipinski definition) is 1. The number of halogens is 1. The minimum absolute atomic E-state index is 0.104. The third-order valence-electron chi connectivity index (χ3n) is 4.17. The summed E-state index contributed by atoms with van der Waals surface area (Å²) in [5.41, 5.74) is 1.39. The zero-order valence-electron chi connectivity index (χ0n) is 16.6. The molecule has 7 nitrogen and oxygen atoms in total. The van der Waals surface area contributed by atoms with Gasteiger partial charge in [0.05, 0.1) is 19.2 Å². The van der Waals surface area contributed by atoms with E-state index in [4.69, 9.17) is 21.1 Å². The Labute approximate surface area is 183 Å². The highest BCUT2D eigenvalue weighted by Gasteiger charge is 2.13. The van der Waals surface area contributed by atoms with Crippen LogP contribution < -0.4 is 20.3 Å². The predicted octanol–water partition coefficient (Wildman–Crippen LogP) is 4.53. The molecule has 0 aliphatic rings. The van der Waals surface area contributed by atoms with E-state index < -0.39 is 0 Å². The van der Waals surface area contributed by atoms with Gasteiger partial charge in [0, 0.05) is 18.0 Å². The molecular formula is C21H21ClN4O3S. The molecule has 0 unspecified atom stereocenters. The Kier molecular flexibility index (Phi) is 7.37. The summed E-state index contributed by atoms with van der Waals surface area (Å²) in [5.74, 6) is 2.08. The molecule has 0 amide bonds. The molecule has 0 spiro atoms. The molecule has 2 aromatic carbocycles. The zero-order valence-corrected chi connectivity index (χ0v) is 18.2. The normalized spacial score (nSPS) is 10.5. The summed E-state index contributed by atoms with van der Waals surface area (Å²) >= 11 is 7.58. The Balaban J connectivity index is 1.81. The van der Waals surface area contributed by atoms with E-state index in [2.05, 4.69) is 22.1 Å². The molecule has 30 heavy (non-hydrogen) atoms. The van der Waals surface area contributed by atoms with Crippen molar-refractivity contribution in [1.82, 2.24) is 14.8 Å². The van der Waals surface area contributed by atoms with E-state index in [1.807, 2.05) is 24.3 Å². The van der Waals surface area contributed by atoms with Crippen LogP contribution in [0.5, 0.6) is 11.5 Å². The number of nitrogens with one attached hydrogen (secondary N) is 1. The van der Waals surface area contributed by atoms with Gasteiger partial charge < -0.3 is 14.8 Å². The minimum Gasteiger partial charge on any atom is -0.497 e. The molecule has 3 aromatic rings. The number of allylic oxidation sites excluding steroid dienone is 1. The molecule has 0 aliphatic heterocycles. The molecule has 0 saturated carbocycles. The third kappa shape index (κ3) is 5.14. The van der Waals surface area contributed by atoms with Crippen LogP contribution in [0.4, 0.5) is 11.5 Å². The van der Waals surface area contributed by atoms with Gasteiger partial charge in [-0.15, -0.1) is 16.8 Å². The monoisotopic (exact) mass is 444 g/mol. The molecule has 0 fully saturated rings. The second kappa shape index (κ2) is 10.2. The number of anilines is 2. The van der Waals surface area contributed by atoms with E-state index in [1.54, 1.807) is 31.4 Å². The second-order valence-corrected chi connectivity index (χ2v) is 7.50. The SMILES string of the molecule is C=CCn1c(SCc2ccc(OC)cc2)nnc(Nc2ccc(OC)c(Cl)c2)c1=O. The summed E-state index contributed by atoms with van der Waals surface area (Å²) in [6.07, 6.45) is 1.65. The lowest BCUT2D eigenvalue weighted by atomic mass is 10.2. The number of ether oxygens (including phenoxy) is 2. The van der Waals surface area contributed by atoms with Gasteiger partial charge >= 0.3 is 0 Å². The molecule has 1 heterocycles. The van der Waals surface area contributed by atoms with Crippen LogP contribution in [0.1, 0.15) is 5.56 Å². The number of aromatic nitrogens is 3. The summed E-state index contributed by atoms with van der Waals surface area (Å²) < 4.78 is 11.8. The summed E-state index contributed by atoms with van der Waals surface area (Å²) in [5, 5.41) is 12.2. The highest BCUT2D eigenvalue weighted by atomic mass is 35.5. The maximum Gasteiger partial charge on any atom is 0.297 e. The van der Waals surface area contributed by atoms with E-state index in [1.165, 1.54) is 23.4 Å². The second-order valence-electron chi connectivity index (χ2n) is 6.15. The van der Waals surface area contributed by atoms with Crippen LogP contribution in [0.2, 0.25) is 5.02 Å². The number of nitrogens with zero attached hydrogens (tertiary/aromatic N) is 3. The first-order valence-electron chi connectivity index (χ1n) is 9.00. The van der Waals surface area contributed by atoms with Gasteiger partial charge in [-0.05, 0) is 35.9 Å². The zero-order chi connectivity index (χ0) is 21.5. The van der Waals surface area contributed by atoms with Crippen molar-refractivity contribution in [1.29, 1.82) is 0 Å². The summed E-state index contributed by atoms with van der Waals surface area (Å²) in [6.45, 7) is 4.05. The van der Waals surface area contributed by atoms with Crippen molar-refractivity contribution in [3.63, 3.8) is 0 Å². The topological polar surface area (TPSA) is 78.3 Å². The fourth-order valence-electron chi connectivity index (χ4n) is 2.63. The summed E-state index contributed by atoms with van der Waals surface area (Å²) in [6, 6.07) is 12.8. The maximum atomic E-state index is 12.9. The predicted molar refractivity (Wildman–Crippen MR) is 120 cm³/mol. The first-order valence-corrected chi connectivity index (χ1v) is 10.4. The van der Waals surface area contributed by atoms with Crippen LogP contribution in [0, 0.1) is 0 Å². The number of methoxy groups -OCH3 is 2. The number of rotatable bonds is 9. The molecular weight excluding hydrogens is 424 g/mol. The highest BCUT2D eigenvalue weighted by molar-refractivity contribution is 7.98. The lowest BCUT2D eigenvalue weighted by molar-refractivity contribution is 0.414. The van der Waals surface area contributed by atoms with Gasteiger partial charge in [0.2, 0.25) is 5.82 Å². The van der Waals surface area contributed by atoms with E-state index in [0.717, 1.165) is 11.3 Å². The molecule has 0 saturated heterocycles. The third-order valence-corrected chi connectivity index (χ3v) is 5.50. The summed E-state index contributed by atoms with van der Waals surface area (Å²) in [7, 11) is 3.17. The Hall–Kier alpha value is -2.97. The van der Waals surface area contributed by atoms with E-state index >= 15 is 0 Å². The number of benzene rings is 2. The van der Waals surface area contributed by atoms with Crippen LogP contribution in [0.15, 0.2) is 65.1 Å². The number of thioether (sulfide) groups is 1. The van der Waals surface area contributed by atoms with Crippen LogP contribution >= 0.6 is 23.4 Å². The standard InChI is InChI=1S/C21H21ClN4O3S/c1-4-11-26-20(27)19(23-15-7-10-18(29-3)17(22)12-15)24-25-21(26)30-13-14-5-8-16(28-2)9-6-14/h4-10,12H,1,11,13H2,2-3H3,(H,23,24). The lowest BCUT2D eigenvalue weighted by Crippen LogP contribution is -2.26. The molecule has 156 valence electrons. The van der Waals surface area contributed by atoms with Gasteiger partial charge in [0.1, 0.15) is 11.5 Å².